The Hall–Kier alpha value is -0.130. The summed E-state index contributed by atoms with van der Waals surface area (Å²) in [7, 11) is -1.48. The lowest BCUT2D eigenvalue weighted by Crippen LogP contribution is -2.46. The summed E-state index contributed by atoms with van der Waals surface area (Å²) in [6, 6.07) is 0.221. The summed E-state index contributed by atoms with van der Waals surface area (Å²) in [5, 5.41) is -0.460. The van der Waals surface area contributed by atoms with Crippen LogP contribution in [0.5, 0.6) is 0 Å². The lowest BCUT2D eigenvalue weighted by molar-refractivity contribution is 0.248. The van der Waals surface area contributed by atoms with Crippen molar-refractivity contribution in [2.24, 2.45) is 5.73 Å². The van der Waals surface area contributed by atoms with E-state index in [2.05, 4.69) is 0 Å². The van der Waals surface area contributed by atoms with Gasteiger partial charge in [0.15, 0.2) is 0 Å². The van der Waals surface area contributed by atoms with Crippen LogP contribution < -0.4 is 5.73 Å². The van der Waals surface area contributed by atoms with E-state index in [-0.39, 0.29) is 12.6 Å². The van der Waals surface area contributed by atoms with Gasteiger partial charge < -0.3 is 5.73 Å². The van der Waals surface area contributed by atoms with E-state index < -0.39 is 15.3 Å². The molecule has 2 N–H and O–H groups in total. The molecule has 0 aliphatic heterocycles. The van der Waals surface area contributed by atoms with Gasteiger partial charge in [0.1, 0.15) is 0 Å². The van der Waals surface area contributed by atoms with E-state index in [0.29, 0.717) is 0 Å². The monoisotopic (exact) mass is 206 g/mol. The second kappa shape index (κ2) is 3.94. The third-order valence-electron chi connectivity index (χ3n) is 2.83. The summed E-state index contributed by atoms with van der Waals surface area (Å²) >= 11 is 0. The van der Waals surface area contributed by atoms with E-state index in [9.17, 15) is 8.42 Å². The van der Waals surface area contributed by atoms with Crippen molar-refractivity contribution in [3.8, 4) is 0 Å². The minimum absolute atomic E-state index is 0.194. The lowest BCUT2D eigenvalue weighted by Gasteiger charge is -2.35. The van der Waals surface area contributed by atoms with Crippen molar-refractivity contribution in [2.45, 2.75) is 37.5 Å². The molecule has 78 valence electrons. The van der Waals surface area contributed by atoms with Gasteiger partial charge in [-0.2, -0.15) is 0 Å². The fraction of sp³-hybridized carbons (Fsp3) is 1.00. The first-order valence-corrected chi connectivity index (χ1v) is 6.17. The highest BCUT2D eigenvalue weighted by atomic mass is 32.2. The van der Waals surface area contributed by atoms with Crippen LogP contribution in [0.3, 0.4) is 0 Å². The molecule has 5 heteroatoms. The minimum atomic E-state index is -3.14. The largest absolute Gasteiger partial charge is 0.329 e. The van der Waals surface area contributed by atoms with Crippen molar-refractivity contribution in [1.82, 2.24) is 4.31 Å². The standard InChI is InChI=1S/C8H18N2O2S/c1-7(6-9)13(11,12)10(2)8-4-3-5-8/h7-8H,3-6,9H2,1-2H3. The zero-order valence-electron chi connectivity index (χ0n) is 8.23. The zero-order chi connectivity index (χ0) is 10.1. The first-order valence-electron chi connectivity index (χ1n) is 4.67. The molecule has 1 aliphatic carbocycles. The van der Waals surface area contributed by atoms with Gasteiger partial charge in [-0.1, -0.05) is 6.42 Å². The number of nitrogens with two attached hydrogens (primary N) is 1. The highest BCUT2D eigenvalue weighted by Crippen LogP contribution is 2.26. The molecule has 0 amide bonds. The van der Waals surface area contributed by atoms with Crippen LogP contribution in [0.2, 0.25) is 0 Å². The average Bonchev–Trinajstić information content (AvgIpc) is 1.99. The Kier molecular flexibility index (Phi) is 3.32. The number of nitrogens with zero attached hydrogens (tertiary/aromatic N) is 1. The van der Waals surface area contributed by atoms with E-state index in [0.717, 1.165) is 19.3 Å². The Balaban J connectivity index is 2.67. The Morgan fingerprint density at radius 3 is 2.38 bits per heavy atom. The van der Waals surface area contributed by atoms with E-state index in [1.54, 1.807) is 14.0 Å². The maximum absolute atomic E-state index is 11.7. The molecule has 0 bridgehead atoms. The number of hydrogen-bond donors (Lipinski definition) is 1. The molecule has 0 saturated heterocycles. The van der Waals surface area contributed by atoms with Crippen LogP contribution in [0.1, 0.15) is 26.2 Å². The average molecular weight is 206 g/mol. The predicted molar refractivity (Wildman–Crippen MR) is 52.8 cm³/mol. The molecular weight excluding hydrogens is 188 g/mol. The molecule has 1 saturated carbocycles. The Bertz CT molecular complexity index is 259. The second-order valence-electron chi connectivity index (χ2n) is 3.69. The molecule has 0 radical (unpaired) electrons. The maximum Gasteiger partial charge on any atom is 0.217 e. The fourth-order valence-electron chi connectivity index (χ4n) is 1.36. The van der Waals surface area contributed by atoms with Crippen molar-refractivity contribution in [3.05, 3.63) is 0 Å². The topological polar surface area (TPSA) is 63.4 Å². The second-order valence-corrected chi connectivity index (χ2v) is 6.10. The Morgan fingerprint density at radius 1 is 1.54 bits per heavy atom. The summed E-state index contributed by atoms with van der Waals surface area (Å²) in [4.78, 5) is 0. The number of hydrogen-bond acceptors (Lipinski definition) is 3. The van der Waals surface area contributed by atoms with Crippen molar-refractivity contribution in [2.75, 3.05) is 13.6 Å². The van der Waals surface area contributed by atoms with Crippen LogP contribution in [0.25, 0.3) is 0 Å². The van der Waals surface area contributed by atoms with E-state index in [4.69, 9.17) is 5.73 Å². The first-order chi connectivity index (χ1) is 6.00. The van der Waals surface area contributed by atoms with Crippen LogP contribution in [0, 0.1) is 0 Å². The van der Waals surface area contributed by atoms with Gasteiger partial charge in [0.25, 0.3) is 0 Å². The number of sulfonamides is 1. The summed E-state index contributed by atoms with van der Waals surface area (Å²) in [6.45, 7) is 1.85. The SMILES string of the molecule is CC(CN)S(=O)(=O)N(C)C1CCC1. The summed E-state index contributed by atoms with van der Waals surface area (Å²) in [5.74, 6) is 0. The van der Waals surface area contributed by atoms with Gasteiger partial charge in [-0.15, -0.1) is 0 Å². The van der Waals surface area contributed by atoms with Gasteiger partial charge in [0.05, 0.1) is 5.25 Å². The van der Waals surface area contributed by atoms with Crippen LogP contribution in [-0.4, -0.2) is 37.6 Å². The quantitative estimate of drug-likeness (QED) is 0.712. The van der Waals surface area contributed by atoms with Crippen LogP contribution >= 0.6 is 0 Å². The van der Waals surface area contributed by atoms with Gasteiger partial charge in [-0.25, -0.2) is 12.7 Å². The van der Waals surface area contributed by atoms with E-state index in [1.165, 1.54) is 4.31 Å². The molecule has 0 heterocycles. The molecule has 1 unspecified atom stereocenters. The highest BCUT2D eigenvalue weighted by molar-refractivity contribution is 7.89. The summed E-state index contributed by atoms with van der Waals surface area (Å²) in [6.07, 6.45) is 3.13. The van der Waals surface area contributed by atoms with Crippen LogP contribution in [0.4, 0.5) is 0 Å². The lowest BCUT2D eigenvalue weighted by atomic mass is 9.94. The van der Waals surface area contributed by atoms with E-state index in [1.807, 2.05) is 0 Å². The molecule has 1 fully saturated rings. The molecule has 1 aliphatic rings. The summed E-state index contributed by atoms with van der Waals surface area (Å²) in [5.41, 5.74) is 5.35. The number of rotatable bonds is 4. The molecule has 1 atom stereocenters. The first kappa shape index (κ1) is 10.9. The van der Waals surface area contributed by atoms with Crippen molar-refractivity contribution < 1.29 is 8.42 Å². The minimum Gasteiger partial charge on any atom is -0.329 e. The molecule has 0 aromatic carbocycles. The maximum atomic E-state index is 11.7. The van der Waals surface area contributed by atoms with Gasteiger partial charge >= 0.3 is 0 Å². The molecule has 0 spiro atoms. The molecule has 0 aromatic rings. The molecular formula is C8H18N2O2S. The van der Waals surface area contributed by atoms with Gasteiger partial charge in [-0.3, -0.25) is 0 Å². The predicted octanol–water partition coefficient (Wildman–Crippen LogP) is 0.148. The molecule has 0 aromatic heterocycles. The highest BCUT2D eigenvalue weighted by Gasteiger charge is 2.33. The smallest absolute Gasteiger partial charge is 0.217 e. The van der Waals surface area contributed by atoms with Crippen molar-refractivity contribution in [1.29, 1.82) is 0 Å². The Labute approximate surface area is 80.1 Å². The van der Waals surface area contributed by atoms with Gasteiger partial charge in [-0.05, 0) is 19.8 Å². The molecule has 1 rings (SSSR count). The van der Waals surface area contributed by atoms with E-state index >= 15 is 0 Å². The van der Waals surface area contributed by atoms with Crippen LogP contribution in [-0.2, 0) is 10.0 Å². The zero-order valence-corrected chi connectivity index (χ0v) is 9.05. The molecule has 13 heavy (non-hydrogen) atoms. The molecule has 4 nitrogen and oxygen atoms in total. The van der Waals surface area contributed by atoms with Crippen molar-refractivity contribution in [3.63, 3.8) is 0 Å². The third-order valence-corrected chi connectivity index (χ3v) is 5.14. The fourth-order valence-corrected chi connectivity index (χ4v) is 2.80. The van der Waals surface area contributed by atoms with Gasteiger partial charge in [0.2, 0.25) is 10.0 Å². The third kappa shape index (κ3) is 2.03. The van der Waals surface area contributed by atoms with Crippen LogP contribution in [0.15, 0.2) is 0 Å². The van der Waals surface area contributed by atoms with Crippen molar-refractivity contribution >= 4 is 10.0 Å². The Morgan fingerprint density at radius 2 is 2.08 bits per heavy atom. The normalized spacial score (nSPS) is 21.5. The summed E-state index contributed by atoms with van der Waals surface area (Å²) < 4.78 is 25.0. The van der Waals surface area contributed by atoms with Gasteiger partial charge in [0, 0.05) is 19.6 Å².